The number of rotatable bonds is 2. The zero-order valence-electron chi connectivity index (χ0n) is 9.30. The molecule has 0 spiro atoms. The van der Waals surface area contributed by atoms with Crippen LogP contribution >= 0.6 is 43.5 Å². The van der Waals surface area contributed by atoms with Gasteiger partial charge in [0, 0.05) is 15.6 Å². The van der Waals surface area contributed by atoms with E-state index >= 15 is 0 Å². The van der Waals surface area contributed by atoms with Gasteiger partial charge in [0.1, 0.15) is 17.7 Å². The topological polar surface area (TPSA) is 20.2 Å². The van der Waals surface area contributed by atoms with Crippen molar-refractivity contribution in [1.29, 1.82) is 0 Å². The average Bonchev–Trinajstić information content (AvgIpc) is 2.36. The van der Waals surface area contributed by atoms with E-state index in [1.54, 1.807) is 6.07 Å². The van der Waals surface area contributed by atoms with Crippen molar-refractivity contribution in [3.8, 4) is 0 Å². The molecule has 2 aromatic rings. The molecule has 0 saturated heterocycles. The first-order valence-corrected chi connectivity index (χ1v) is 7.14. The lowest BCUT2D eigenvalue weighted by atomic mass is 10.0. The second kappa shape index (κ2) is 5.87. The van der Waals surface area contributed by atoms with Gasteiger partial charge in [-0.15, -0.1) is 0 Å². The molecule has 0 bridgehead atoms. The molecule has 1 unspecified atom stereocenters. The molecule has 100 valence electrons. The third-order valence-corrected chi connectivity index (χ3v) is 4.42. The Morgan fingerprint density at radius 2 is 1.74 bits per heavy atom. The Balaban J connectivity index is 2.53. The SMILES string of the molecule is OC(c1cc(Cl)c(Br)cc1F)c1cccc(Br)c1F. The molecule has 1 atom stereocenters. The van der Waals surface area contributed by atoms with Crippen LogP contribution in [-0.4, -0.2) is 5.11 Å². The van der Waals surface area contributed by atoms with Crippen LogP contribution in [0, 0.1) is 11.6 Å². The average molecular weight is 412 g/mol. The maximum atomic E-state index is 13.9. The molecule has 1 N–H and O–H groups in total. The molecule has 2 aromatic carbocycles. The molecule has 2 rings (SSSR count). The Labute approximate surface area is 130 Å². The van der Waals surface area contributed by atoms with Crippen molar-refractivity contribution in [3.05, 3.63) is 67.1 Å². The number of halogens is 5. The van der Waals surface area contributed by atoms with Crippen molar-refractivity contribution in [3.63, 3.8) is 0 Å². The smallest absolute Gasteiger partial charge is 0.143 e. The maximum Gasteiger partial charge on any atom is 0.143 e. The monoisotopic (exact) mass is 410 g/mol. The van der Waals surface area contributed by atoms with Crippen LogP contribution in [-0.2, 0) is 0 Å². The molecule has 0 aliphatic rings. The second-order valence-corrected chi connectivity index (χ2v) is 5.95. The van der Waals surface area contributed by atoms with Crippen LogP contribution in [0.15, 0.2) is 39.3 Å². The molecule has 0 aliphatic heterocycles. The molecule has 19 heavy (non-hydrogen) atoms. The number of hydrogen-bond donors (Lipinski definition) is 1. The van der Waals surface area contributed by atoms with E-state index in [0.29, 0.717) is 4.47 Å². The summed E-state index contributed by atoms with van der Waals surface area (Å²) < 4.78 is 28.3. The number of benzene rings is 2. The highest BCUT2D eigenvalue weighted by Crippen LogP contribution is 2.33. The summed E-state index contributed by atoms with van der Waals surface area (Å²) in [5.41, 5.74) is -0.100. The molecular weight excluding hydrogens is 405 g/mol. The van der Waals surface area contributed by atoms with E-state index in [-0.39, 0.29) is 20.6 Å². The van der Waals surface area contributed by atoms with Gasteiger partial charge in [0.25, 0.3) is 0 Å². The summed E-state index contributed by atoms with van der Waals surface area (Å²) in [5.74, 6) is -1.29. The number of aliphatic hydroxyl groups is 1. The Kier molecular flexibility index (Phi) is 4.61. The highest BCUT2D eigenvalue weighted by atomic mass is 79.9. The van der Waals surface area contributed by atoms with E-state index in [9.17, 15) is 13.9 Å². The van der Waals surface area contributed by atoms with E-state index in [0.717, 1.165) is 6.07 Å². The maximum absolute atomic E-state index is 13.9. The first-order chi connectivity index (χ1) is 8.91. The lowest BCUT2D eigenvalue weighted by Crippen LogP contribution is -2.05. The zero-order chi connectivity index (χ0) is 14.2. The van der Waals surface area contributed by atoms with Gasteiger partial charge >= 0.3 is 0 Å². The minimum Gasteiger partial charge on any atom is -0.383 e. The van der Waals surface area contributed by atoms with Gasteiger partial charge in [0.05, 0.1) is 9.50 Å². The van der Waals surface area contributed by atoms with Gasteiger partial charge in [0.2, 0.25) is 0 Å². The van der Waals surface area contributed by atoms with Crippen molar-refractivity contribution in [2.75, 3.05) is 0 Å². The van der Waals surface area contributed by atoms with Crippen LogP contribution in [0.4, 0.5) is 8.78 Å². The summed E-state index contributed by atoms with van der Waals surface area (Å²) in [6.45, 7) is 0. The fourth-order valence-corrected chi connectivity index (χ4v) is 2.52. The van der Waals surface area contributed by atoms with Crippen molar-refractivity contribution >= 4 is 43.5 Å². The molecule has 0 saturated carbocycles. The van der Waals surface area contributed by atoms with Crippen LogP contribution in [0.3, 0.4) is 0 Å². The second-order valence-electron chi connectivity index (χ2n) is 3.83. The van der Waals surface area contributed by atoms with Gasteiger partial charge in [-0.25, -0.2) is 8.78 Å². The summed E-state index contributed by atoms with van der Waals surface area (Å²) in [7, 11) is 0. The van der Waals surface area contributed by atoms with E-state index in [2.05, 4.69) is 31.9 Å². The summed E-state index contributed by atoms with van der Waals surface area (Å²) in [6, 6.07) is 6.85. The van der Waals surface area contributed by atoms with Gasteiger partial charge in [0.15, 0.2) is 0 Å². The minimum absolute atomic E-state index is 0.0216. The fraction of sp³-hybridized carbons (Fsp3) is 0.0769. The van der Waals surface area contributed by atoms with Gasteiger partial charge in [-0.2, -0.15) is 0 Å². The quantitative estimate of drug-likeness (QED) is 0.670. The highest BCUT2D eigenvalue weighted by Gasteiger charge is 2.21. The summed E-state index contributed by atoms with van der Waals surface area (Å²) >= 11 is 12.0. The van der Waals surface area contributed by atoms with Crippen LogP contribution in [0.2, 0.25) is 5.02 Å². The number of aliphatic hydroxyl groups excluding tert-OH is 1. The lowest BCUT2D eigenvalue weighted by molar-refractivity contribution is 0.209. The molecule has 0 aliphatic carbocycles. The van der Waals surface area contributed by atoms with Gasteiger partial charge in [-0.3, -0.25) is 0 Å². The van der Waals surface area contributed by atoms with Gasteiger partial charge in [-0.05, 0) is 50.1 Å². The van der Waals surface area contributed by atoms with E-state index in [4.69, 9.17) is 11.6 Å². The Bertz CT molecular complexity index is 634. The van der Waals surface area contributed by atoms with Crippen molar-refractivity contribution in [2.45, 2.75) is 6.10 Å². The summed E-state index contributed by atoms with van der Waals surface area (Å²) in [6.07, 6.45) is -1.43. The molecular formula is C13H7Br2ClF2O. The molecule has 0 radical (unpaired) electrons. The Morgan fingerprint density at radius 3 is 2.42 bits per heavy atom. The zero-order valence-corrected chi connectivity index (χ0v) is 13.2. The third kappa shape index (κ3) is 2.99. The standard InChI is InChI=1S/C13H7Br2ClF2O/c14-8-3-1-2-6(12(8)18)13(19)7-4-10(16)9(15)5-11(7)17/h1-5,13,19H. The predicted molar refractivity (Wildman–Crippen MR) is 77.3 cm³/mol. The minimum atomic E-state index is -1.43. The normalized spacial score (nSPS) is 12.5. The first-order valence-electron chi connectivity index (χ1n) is 5.18. The summed E-state index contributed by atoms with van der Waals surface area (Å²) in [5, 5.41) is 10.4. The van der Waals surface area contributed by atoms with E-state index < -0.39 is 17.7 Å². The van der Waals surface area contributed by atoms with Gasteiger partial charge < -0.3 is 5.11 Å². The van der Waals surface area contributed by atoms with Crippen LogP contribution in [0.1, 0.15) is 17.2 Å². The largest absolute Gasteiger partial charge is 0.383 e. The van der Waals surface area contributed by atoms with Crippen LogP contribution in [0.5, 0.6) is 0 Å². The van der Waals surface area contributed by atoms with Crippen molar-refractivity contribution in [1.82, 2.24) is 0 Å². The molecule has 0 amide bonds. The van der Waals surface area contributed by atoms with Crippen molar-refractivity contribution in [2.24, 2.45) is 0 Å². The molecule has 0 heterocycles. The molecule has 1 nitrogen and oxygen atoms in total. The van der Waals surface area contributed by atoms with Gasteiger partial charge in [-0.1, -0.05) is 23.7 Å². The van der Waals surface area contributed by atoms with Crippen LogP contribution in [0.25, 0.3) is 0 Å². The number of hydrogen-bond acceptors (Lipinski definition) is 1. The third-order valence-electron chi connectivity index (χ3n) is 2.61. The molecule has 6 heteroatoms. The van der Waals surface area contributed by atoms with E-state index in [1.807, 2.05) is 0 Å². The highest BCUT2D eigenvalue weighted by molar-refractivity contribution is 9.10. The Hall–Kier alpha value is -0.490. The molecule has 0 aromatic heterocycles. The summed E-state index contributed by atoms with van der Waals surface area (Å²) in [4.78, 5) is 0. The lowest BCUT2D eigenvalue weighted by Gasteiger charge is -2.15. The Morgan fingerprint density at radius 1 is 1.05 bits per heavy atom. The predicted octanol–water partition coefficient (Wildman–Crippen LogP) is 5.22. The fourth-order valence-electron chi connectivity index (χ4n) is 1.65. The van der Waals surface area contributed by atoms with Crippen molar-refractivity contribution < 1.29 is 13.9 Å². The first kappa shape index (κ1) is 14.9. The van der Waals surface area contributed by atoms with E-state index in [1.165, 1.54) is 18.2 Å². The van der Waals surface area contributed by atoms with Crippen LogP contribution < -0.4 is 0 Å². The molecule has 0 fully saturated rings.